The van der Waals surface area contributed by atoms with Gasteiger partial charge in [0.2, 0.25) is 11.9 Å². The predicted octanol–water partition coefficient (Wildman–Crippen LogP) is 2.95. The lowest BCUT2D eigenvalue weighted by Crippen LogP contribution is -2.13. The largest absolute Gasteiger partial charge is 0.496 e. The SMILES string of the molecule is COCCOc1ccc2nc(Nc3nc4cccc(OC)c4c(=O)[nH]3)nc(C)c2c1. The van der Waals surface area contributed by atoms with Crippen molar-refractivity contribution in [3.63, 3.8) is 0 Å². The molecule has 0 saturated heterocycles. The molecule has 0 aliphatic rings. The zero-order valence-electron chi connectivity index (χ0n) is 16.9. The van der Waals surface area contributed by atoms with Gasteiger partial charge in [-0.15, -0.1) is 0 Å². The minimum absolute atomic E-state index is 0.249. The summed E-state index contributed by atoms with van der Waals surface area (Å²) in [6.07, 6.45) is 0. The molecule has 2 heterocycles. The van der Waals surface area contributed by atoms with E-state index in [1.807, 2.05) is 25.1 Å². The lowest BCUT2D eigenvalue weighted by molar-refractivity contribution is 0.146. The average molecular weight is 407 g/mol. The van der Waals surface area contributed by atoms with E-state index in [0.29, 0.717) is 35.8 Å². The van der Waals surface area contributed by atoms with Crippen molar-refractivity contribution in [3.8, 4) is 11.5 Å². The molecule has 9 heteroatoms. The molecule has 0 aliphatic carbocycles. The number of aryl methyl sites for hydroxylation is 1. The van der Waals surface area contributed by atoms with Crippen LogP contribution in [0.1, 0.15) is 5.69 Å². The maximum Gasteiger partial charge on any atom is 0.263 e. The second-order valence-corrected chi connectivity index (χ2v) is 6.55. The van der Waals surface area contributed by atoms with Crippen molar-refractivity contribution in [1.82, 2.24) is 19.9 Å². The number of hydrogen-bond donors (Lipinski definition) is 2. The Morgan fingerprint density at radius 1 is 1.03 bits per heavy atom. The normalized spacial score (nSPS) is 11.0. The third kappa shape index (κ3) is 3.87. The highest BCUT2D eigenvalue weighted by atomic mass is 16.5. The molecule has 0 aliphatic heterocycles. The maximum atomic E-state index is 12.5. The van der Waals surface area contributed by atoms with Gasteiger partial charge in [0.05, 0.1) is 30.4 Å². The number of fused-ring (bicyclic) bond motifs is 2. The Morgan fingerprint density at radius 2 is 1.90 bits per heavy atom. The van der Waals surface area contributed by atoms with Crippen LogP contribution in [0.5, 0.6) is 11.5 Å². The maximum absolute atomic E-state index is 12.5. The molecule has 154 valence electrons. The van der Waals surface area contributed by atoms with Crippen LogP contribution in [-0.2, 0) is 4.74 Å². The number of H-pyrrole nitrogens is 1. The molecule has 0 amide bonds. The van der Waals surface area contributed by atoms with Crippen LogP contribution in [-0.4, -0.2) is 47.4 Å². The van der Waals surface area contributed by atoms with Crippen LogP contribution in [0.3, 0.4) is 0 Å². The predicted molar refractivity (Wildman–Crippen MR) is 114 cm³/mol. The summed E-state index contributed by atoms with van der Waals surface area (Å²) in [7, 11) is 3.14. The minimum Gasteiger partial charge on any atom is -0.496 e. The number of rotatable bonds is 7. The van der Waals surface area contributed by atoms with Gasteiger partial charge in [0.1, 0.15) is 23.5 Å². The first kappa shape index (κ1) is 19.6. The monoisotopic (exact) mass is 407 g/mol. The minimum atomic E-state index is -0.310. The molecule has 2 N–H and O–H groups in total. The van der Waals surface area contributed by atoms with Gasteiger partial charge in [-0.25, -0.2) is 15.0 Å². The number of nitrogens with zero attached hydrogens (tertiary/aromatic N) is 3. The molecular formula is C21H21N5O4. The lowest BCUT2D eigenvalue weighted by Gasteiger charge is -2.10. The first-order chi connectivity index (χ1) is 14.6. The molecule has 0 unspecified atom stereocenters. The van der Waals surface area contributed by atoms with Crippen LogP contribution in [0.4, 0.5) is 11.9 Å². The van der Waals surface area contributed by atoms with E-state index in [1.165, 1.54) is 7.11 Å². The Hall–Kier alpha value is -3.72. The number of ether oxygens (including phenoxy) is 3. The zero-order chi connectivity index (χ0) is 21.1. The molecule has 0 atom stereocenters. The van der Waals surface area contributed by atoms with Crippen molar-refractivity contribution >= 4 is 33.7 Å². The molecule has 0 saturated carbocycles. The molecular weight excluding hydrogens is 386 g/mol. The molecule has 0 spiro atoms. The average Bonchev–Trinajstić information content (AvgIpc) is 2.74. The van der Waals surface area contributed by atoms with Crippen LogP contribution in [0.25, 0.3) is 21.8 Å². The number of aromatic amines is 1. The summed E-state index contributed by atoms with van der Waals surface area (Å²) in [5.74, 6) is 1.77. The van der Waals surface area contributed by atoms with E-state index in [2.05, 4.69) is 25.3 Å². The van der Waals surface area contributed by atoms with Gasteiger partial charge in [0, 0.05) is 12.5 Å². The van der Waals surface area contributed by atoms with E-state index >= 15 is 0 Å². The third-order valence-corrected chi connectivity index (χ3v) is 4.56. The van der Waals surface area contributed by atoms with Crippen molar-refractivity contribution in [2.24, 2.45) is 0 Å². The fraction of sp³-hybridized carbons (Fsp3) is 0.238. The van der Waals surface area contributed by atoms with Crippen molar-refractivity contribution in [2.45, 2.75) is 6.92 Å². The summed E-state index contributed by atoms with van der Waals surface area (Å²) in [5.41, 5.74) is 1.71. The Balaban J connectivity index is 1.65. The van der Waals surface area contributed by atoms with E-state index in [9.17, 15) is 4.79 Å². The van der Waals surface area contributed by atoms with Gasteiger partial charge in [0.25, 0.3) is 5.56 Å². The molecule has 2 aromatic carbocycles. The van der Waals surface area contributed by atoms with Gasteiger partial charge in [-0.2, -0.15) is 0 Å². The first-order valence-electron chi connectivity index (χ1n) is 9.33. The number of methoxy groups -OCH3 is 2. The Bertz CT molecular complexity index is 1270. The number of benzene rings is 2. The van der Waals surface area contributed by atoms with Crippen molar-refractivity contribution in [2.75, 3.05) is 32.8 Å². The van der Waals surface area contributed by atoms with Gasteiger partial charge in [-0.1, -0.05) is 6.07 Å². The van der Waals surface area contributed by atoms with Crippen molar-refractivity contribution < 1.29 is 14.2 Å². The summed E-state index contributed by atoms with van der Waals surface area (Å²) in [6.45, 7) is 2.86. The number of hydrogen-bond acceptors (Lipinski definition) is 8. The molecule has 0 fully saturated rings. The standard InChI is InChI=1S/C21H21N5O4/c1-12-14-11-13(30-10-9-28-2)7-8-15(14)23-20(22-12)26-21-24-16-5-4-6-17(29-3)18(16)19(27)25-21/h4-8,11H,9-10H2,1-3H3,(H2,22,23,24,25,26,27). The van der Waals surface area contributed by atoms with Gasteiger partial charge < -0.3 is 14.2 Å². The molecule has 0 radical (unpaired) electrons. The van der Waals surface area contributed by atoms with Gasteiger partial charge in [-0.3, -0.25) is 15.1 Å². The molecule has 2 aromatic heterocycles. The molecule has 4 rings (SSSR count). The Kier molecular flexibility index (Phi) is 5.44. The van der Waals surface area contributed by atoms with Gasteiger partial charge in [0.15, 0.2) is 0 Å². The van der Waals surface area contributed by atoms with E-state index in [-0.39, 0.29) is 11.5 Å². The van der Waals surface area contributed by atoms with Crippen LogP contribution in [0, 0.1) is 6.92 Å². The molecule has 0 bridgehead atoms. The van der Waals surface area contributed by atoms with Crippen molar-refractivity contribution in [3.05, 3.63) is 52.4 Å². The van der Waals surface area contributed by atoms with E-state index < -0.39 is 0 Å². The highest BCUT2D eigenvalue weighted by Gasteiger charge is 2.11. The summed E-state index contributed by atoms with van der Waals surface area (Å²) < 4.78 is 15.9. The Labute approximate surface area is 172 Å². The fourth-order valence-electron chi connectivity index (χ4n) is 3.14. The van der Waals surface area contributed by atoms with Crippen LogP contribution >= 0.6 is 0 Å². The second-order valence-electron chi connectivity index (χ2n) is 6.55. The van der Waals surface area contributed by atoms with E-state index in [4.69, 9.17) is 14.2 Å². The second kappa shape index (κ2) is 8.34. The van der Waals surface area contributed by atoms with E-state index in [0.717, 1.165) is 22.3 Å². The van der Waals surface area contributed by atoms with Crippen LogP contribution < -0.4 is 20.3 Å². The topological polar surface area (TPSA) is 111 Å². The lowest BCUT2D eigenvalue weighted by atomic mass is 10.2. The molecule has 30 heavy (non-hydrogen) atoms. The van der Waals surface area contributed by atoms with E-state index in [1.54, 1.807) is 25.3 Å². The molecule has 4 aromatic rings. The van der Waals surface area contributed by atoms with Crippen molar-refractivity contribution in [1.29, 1.82) is 0 Å². The first-order valence-corrected chi connectivity index (χ1v) is 9.33. The smallest absolute Gasteiger partial charge is 0.263 e. The number of aromatic nitrogens is 4. The van der Waals surface area contributed by atoms with Crippen LogP contribution in [0.15, 0.2) is 41.2 Å². The highest BCUT2D eigenvalue weighted by Crippen LogP contribution is 2.24. The zero-order valence-corrected chi connectivity index (χ0v) is 16.9. The van der Waals surface area contributed by atoms with Crippen LogP contribution in [0.2, 0.25) is 0 Å². The van der Waals surface area contributed by atoms with Gasteiger partial charge >= 0.3 is 0 Å². The highest BCUT2D eigenvalue weighted by molar-refractivity contribution is 5.86. The summed E-state index contributed by atoms with van der Waals surface area (Å²) >= 11 is 0. The summed E-state index contributed by atoms with van der Waals surface area (Å²) in [6, 6.07) is 10.8. The summed E-state index contributed by atoms with van der Waals surface area (Å²) in [4.78, 5) is 28.7. The number of nitrogens with one attached hydrogen (secondary N) is 2. The quantitative estimate of drug-likeness (QED) is 0.450. The molecule has 9 nitrogen and oxygen atoms in total. The van der Waals surface area contributed by atoms with Gasteiger partial charge in [-0.05, 0) is 37.3 Å². The fourth-order valence-corrected chi connectivity index (χ4v) is 3.14. The third-order valence-electron chi connectivity index (χ3n) is 4.56. The summed E-state index contributed by atoms with van der Waals surface area (Å²) in [5, 5.41) is 4.25. The number of anilines is 2. The Morgan fingerprint density at radius 3 is 2.70 bits per heavy atom.